The van der Waals surface area contributed by atoms with Gasteiger partial charge in [-0.1, -0.05) is 19.9 Å². The Hall–Kier alpha value is -1.09. The second-order valence-electron chi connectivity index (χ2n) is 5.92. The van der Waals surface area contributed by atoms with Crippen LogP contribution in [0.4, 0.5) is 4.39 Å². The van der Waals surface area contributed by atoms with Gasteiger partial charge in [-0.25, -0.2) is 4.39 Å². The van der Waals surface area contributed by atoms with Gasteiger partial charge in [0.05, 0.1) is 6.10 Å². The first-order chi connectivity index (χ1) is 8.40. The van der Waals surface area contributed by atoms with Crippen molar-refractivity contribution in [2.45, 2.75) is 52.2 Å². The molecule has 0 amide bonds. The molecule has 3 heteroatoms. The van der Waals surface area contributed by atoms with E-state index in [4.69, 9.17) is 4.74 Å². The highest BCUT2D eigenvalue weighted by Gasteiger charge is 2.39. The highest BCUT2D eigenvalue weighted by atomic mass is 19.1. The summed E-state index contributed by atoms with van der Waals surface area (Å²) in [7, 11) is 0. The van der Waals surface area contributed by atoms with E-state index in [0.29, 0.717) is 0 Å². The number of halogens is 1. The molecule has 0 aromatic heterocycles. The number of aliphatic hydroxyl groups is 1. The molecule has 0 spiro atoms. The molecule has 1 saturated carbocycles. The first-order valence-corrected chi connectivity index (χ1v) is 6.51. The molecule has 0 heterocycles. The van der Waals surface area contributed by atoms with Crippen molar-refractivity contribution in [1.82, 2.24) is 0 Å². The van der Waals surface area contributed by atoms with E-state index in [1.165, 1.54) is 6.07 Å². The molecule has 1 fully saturated rings. The summed E-state index contributed by atoms with van der Waals surface area (Å²) >= 11 is 0. The third-order valence-electron chi connectivity index (χ3n) is 3.83. The molecule has 1 aromatic rings. The third-order valence-corrected chi connectivity index (χ3v) is 3.83. The predicted octanol–water partition coefficient (Wildman–Crippen LogP) is 3.45. The SMILES string of the molecule is Cc1ccc(F)c(OC2CCCC(C)(C)C2O)c1. The maximum atomic E-state index is 13.6. The third kappa shape index (κ3) is 2.66. The molecule has 2 atom stereocenters. The fourth-order valence-electron chi connectivity index (χ4n) is 2.56. The summed E-state index contributed by atoms with van der Waals surface area (Å²) in [6.07, 6.45) is 1.89. The summed E-state index contributed by atoms with van der Waals surface area (Å²) < 4.78 is 19.3. The van der Waals surface area contributed by atoms with E-state index in [9.17, 15) is 9.50 Å². The van der Waals surface area contributed by atoms with Crippen molar-refractivity contribution in [3.8, 4) is 5.75 Å². The van der Waals surface area contributed by atoms with Crippen LogP contribution in [0.3, 0.4) is 0 Å². The van der Waals surface area contributed by atoms with Crippen LogP contribution in [0.5, 0.6) is 5.75 Å². The van der Waals surface area contributed by atoms with Crippen molar-refractivity contribution in [2.75, 3.05) is 0 Å². The lowest BCUT2D eigenvalue weighted by Crippen LogP contribution is -2.46. The minimum Gasteiger partial charge on any atom is -0.485 e. The smallest absolute Gasteiger partial charge is 0.165 e. The van der Waals surface area contributed by atoms with E-state index >= 15 is 0 Å². The zero-order valence-corrected chi connectivity index (χ0v) is 11.2. The number of hydrogen-bond donors (Lipinski definition) is 1. The van der Waals surface area contributed by atoms with Crippen LogP contribution >= 0.6 is 0 Å². The fourth-order valence-corrected chi connectivity index (χ4v) is 2.56. The van der Waals surface area contributed by atoms with Gasteiger partial charge in [-0.15, -0.1) is 0 Å². The van der Waals surface area contributed by atoms with E-state index in [-0.39, 0.29) is 23.1 Å². The molecule has 1 N–H and O–H groups in total. The van der Waals surface area contributed by atoms with E-state index in [1.54, 1.807) is 12.1 Å². The van der Waals surface area contributed by atoms with Crippen LogP contribution in [0.1, 0.15) is 38.7 Å². The molecular weight excluding hydrogens is 231 g/mol. The normalized spacial score (nSPS) is 26.9. The molecule has 18 heavy (non-hydrogen) atoms. The van der Waals surface area contributed by atoms with Gasteiger partial charge in [0.2, 0.25) is 0 Å². The van der Waals surface area contributed by atoms with Crippen LogP contribution in [0.25, 0.3) is 0 Å². The van der Waals surface area contributed by atoms with E-state index in [2.05, 4.69) is 0 Å². The summed E-state index contributed by atoms with van der Waals surface area (Å²) in [5.74, 6) is -0.118. The number of hydrogen-bond acceptors (Lipinski definition) is 2. The number of ether oxygens (including phenoxy) is 1. The van der Waals surface area contributed by atoms with Gasteiger partial charge in [-0.05, 0) is 49.3 Å². The van der Waals surface area contributed by atoms with Gasteiger partial charge in [0, 0.05) is 0 Å². The Balaban J connectivity index is 2.15. The van der Waals surface area contributed by atoms with Gasteiger partial charge >= 0.3 is 0 Å². The molecule has 1 aliphatic carbocycles. The Kier molecular flexibility index (Phi) is 3.62. The van der Waals surface area contributed by atoms with E-state index in [1.807, 2.05) is 20.8 Å². The average Bonchev–Trinajstić information content (AvgIpc) is 2.30. The maximum absolute atomic E-state index is 13.6. The quantitative estimate of drug-likeness (QED) is 0.873. The summed E-state index contributed by atoms with van der Waals surface area (Å²) in [4.78, 5) is 0. The van der Waals surface area contributed by atoms with Crippen LogP contribution in [0, 0.1) is 18.2 Å². The molecular formula is C15H21FO2. The molecule has 100 valence electrons. The maximum Gasteiger partial charge on any atom is 0.165 e. The summed E-state index contributed by atoms with van der Waals surface area (Å²) in [6.45, 7) is 5.95. The van der Waals surface area contributed by atoms with Crippen molar-refractivity contribution in [2.24, 2.45) is 5.41 Å². The second kappa shape index (κ2) is 4.88. The Labute approximate surface area is 108 Å². The van der Waals surface area contributed by atoms with Crippen molar-refractivity contribution in [1.29, 1.82) is 0 Å². The topological polar surface area (TPSA) is 29.5 Å². The Morgan fingerprint density at radius 2 is 2.11 bits per heavy atom. The fraction of sp³-hybridized carbons (Fsp3) is 0.600. The second-order valence-corrected chi connectivity index (χ2v) is 5.92. The number of rotatable bonds is 2. The highest BCUT2D eigenvalue weighted by Crippen LogP contribution is 2.37. The molecule has 2 nitrogen and oxygen atoms in total. The molecule has 1 aromatic carbocycles. The Morgan fingerprint density at radius 1 is 1.39 bits per heavy atom. The lowest BCUT2D eigenvalue weighted by atomic mass is 9.73. The minimum absolute atomic E-state index is 0.163. The molecule has 2 unspecified atom stereocenters. The number of benzene rings is 1. The van der Waals surface area contributed by atoms with Crippen molar-refractivity contribution in [3.05, 3.63) is 29.6 Å². The van der Waals surface area contributed by atoms with Gasteiger partial charge in [0.1, 0.15) is 6.10 Å². The van der Waals surface area contributed by atoms with Crippen LogP contribution in [0.15, 0.2) is 18.2 Å². The summed E-state index contributed by atoms with van der Waals surface area (Å²) in [6, 6.07) is 4.80. The Morgan fingerprint density at radius 3 is 2.83 bits per heavy atom. The molecule has 0 aliphatic heterocycles. The van der Waals surface area contributed by atoms with Gasteiger partial charge < -0.3 is 9.84 Å². The van der Waals surface area contributed by atoms with Gasteiger partial charge in [-0.2, -0.15) is 0 Å². The summed E-state index contributed by atoms with van der Waals surface area (Å²) in [5, 5.41) is 10.3. The highest BCUT2D eigenvalue weighted by molar-refractivity contribution is 5.29. The molecule has 0 saturated heterocycles. The van der Waals surface area contributed by atoms with Crippen LogP contribution in [-0.4, -0.2) is 17.3 Å². The molecule has 0 radical (unpaired) electrons. The number of aliphatic hydroxyl groups excluding tert-OH is 1. The zero-order chi connectivity index (χ0) is 13.3. The first-order valence-electron chi connectivity index (χ1n) is 6.51. The average molecular weight is 252 g/mol. The minimum atomic E-state index is -0.550. The number of aryl methyl sites for hydroxylation is 1. The Bertz CT molecular complexity index is 429. The zero-order valence-electron chi connectivity index (χ0n) is 11.2. The van der Waals surface area contributed by atoms with Gasteiger partial charge in [0.25, 0.3) is 0 Å². The van der Waals surface area contributed by atoms with Crippen LogP contribution < -0.4 is 4.74 Å². The standard InChI is InChI=1S/C15H21FO2/c1-10-6-7-11(16)13(9-10)18-12-5-4-8-15(2,3)14(12)17/h6-7,9,12,14,17H,4-5,8H2,1-3H3. The van der Waals surface area contributed by atoms with Crippen molar-refractivity contribution in [3.63, 3.8) is 0 Å². The first kappa shape index (κ1) is 13.3. The lowest BCUT2D eigenvalue weighted by molar-refractivity contribution is -0.0699. The van der Waals surface area contributed by atoms with E-state index < -0.39 is 6.10 Å². The summed E-state index contributed by atoms with van der Waals surface area (Å²) in [5.41, 5.74) is 0.791. The van der Waals surface area contributed by atoms with Crippen molar-refractivity contribution >= 4 is 0 Å². The van der Waals surface area contributed by atoms with Crippen LogP contribution in [0.2, 0.25) is 0 Å². The monoisotopic (exact) mass is 252 g/mol. The van der Waals surface area contributed by atoms with Gasteiger partial charge in [0.15, 0.2) is 11.6 Å². The lowest BCUT2D eigenvalue weighted by Gasteiger charge is -2.40. The van der Waals surface area contributed by atoms with E-state index in [0.717, 1.165) is 24.8 Å². The molecule has 0 bridgehead atoms. The van der Waals surface area contributed by atoms with Crippen molar-refractivity contribution < 1.29 is 14.2 Å². The molecule has 2 rings (SSSR count). The predicted molar refractivity (Wildman–Crippen MR) is 69.2 cm³/mol. The van der Waals surface area contributed by atoms with Gasteiger partial charge in [-0.3, -0.25) is 0 Å². The molecule has 1 aliphatic rings. The largest absolute Gasteiger partial charge is 0.485 e. The van der Waals surface area contributed by atoms with Crippen LogP contribution in [-0.2, 0) is 0 Å².